The van der Waals surface area contributed by atoms with E-state index in [1.165, 1.54) is 23.2 Å². The maximum atomic E-state index is 13.6. The van der Waals surface area contributed by atoms with Gasteiger partial charge in [-0.25, -0.2) is 4.39 Å². The molecule has 0 aliphatic carbocycles. The molecule has 2 saturated heterocycles. The number of nitrogens with one attached hydrogen (secondary N) is 1. The van der Waals surface area contributed by atoms with E-state index in [9.17, 15) is 22.4 Å². The first kappa shape index (κ1) is 22.1. The highest BCUT2D eigenvalue weighted by Gasteiger charge is 2.37. The van der Waals surface area contributed by atoms with Crippen molar-refractivity contribution in [3.8, 4) is 11.8 Å². The molecular formula is C21H21F4N5O2. The molecule has 1 amide bonds. The average molecular weight is 451 g/mol. The number of aromatic nitrogens is 1. The Labute approximate surface area is 181 Å². The summed E-state index contributed by atoms with van der Waals surface area (Å²) in [5.74, 6) is -0.651. The van der Waals surface area contributed by atoms with Crippen LogP contribution in [-0.2, 0) is 4.79 Å². The molecule has 0 spiro atoms. The van der Waals surface area contributed by atoms with Gasteiger partial charge in [-0.05, 0) is 30.7 Å². The van der Waals surface area contributed by atoms with E-state index in [-0.39, 0.29) is 42.7 Å². The molecule has 1 unspecified atom stereocenters. The maximum Gasteiger partial charge on any atom is 0.573 e. The van der Waals surface area contributed by atoms with E-state index in [1.807, 2.05) is 11.0 Å². The standard InChI is InChI=1S/C21H21F4N5O2/c22-13-8-15(9-26)30(10-13)19(31)12-29-7-5-14(11-29)28-17-3-4-18(32-21(23,24)25)20-16(17)2-1-6-27-20/h1-4,6,13-15,28H,5,7-8,10-12H2/t13-,14+,15?/m0/s1. The Morgan fingerprint density at radius 1 is 1.31 bits per heavy atom. The van der Waals surface area contributed by atoms with Crippen LogP contribution in [-0.4, -0.2) is 71.5 Å². The zero-order chi connectivity index (χ0) is 22.9. The average Bonchev–Trinajstić information content (AvgIpc) is 3.34. The lowest BCUT2D eigenvalue weighted by molar-refractivity contribution is -0.274. The highest BCUT2D eigenvalue weighted by atomic mass is 19.4. The first-order chi connectivity index (χ1) is 15.2. The third-order valence-electron chi connectivity index (χ3n) is 5.67. The predicted octanol–water partition coefficient (Wildman–Crippen LogP) is 3.08. The summed E-state index contributed by atoms with van der Waals surface area (Å²) in [4.78, 5) is 19.8. The number of benzene rings is 1. The molecule has 2 fully saturated rings. The molecule has 2 aromatic rings. The van der Waals surface area contributed by atoms with E-state index < -0.39 is 18.6 Å². The van der Waals surface area contributed by atoms with E-state index in [1.54, 1.807) is 12.1 Å². The Morgan fingerprint density at radius 2 is 2.12 bits per heavy atom. The number of anilines is 1. The fourth-order valence-electron chi connectivity index (χ4n) is 4.26. The van der Waals surface area contributed by atoms with Gasteiger partial charge in [0, 0.05) is 42.8 Å². The molecule has 170 valence electrons. The van der Waals surface area contributed by atoms with Crippen LogP contribution in [0, 0.1) is 11.3 Å². The van der Waals surface area contributed by atoms with Gasteiger partial charge in [0.25, 0.3) is 0 Å². The van der Waals surface area contributed by atoms with Crippen molar-refractivity contribution in [3.05, 3.63) is 30.5 Å². The number of amides is 1. The number of halogens is 4. The van der Waals surface area contributed by atoms with Gasteiger partial charge in [-0.1, -0.05) is 0 Å². The van der Waals surface area contributed by atoms with Crippen LogP contribution in [0.4, 0.5) is 23.2 Å². The zero-order valence-corrected chi connectivity index (χ0v) is 17.0. The first-order valence-electron chi connectivity index (χ1n) is 10.2. The monoisotopic (exact) mass is 451 g/mol. The predicted molar refractivity (Wildman–Crippen MR) is 108 cm³/mol. The molecule has 1 aromatic carbocycles. The van der Waals surface area contributed by atoms with Crippen LogP contribution in [0.1, 0.15) is 12.8 Å². The summed E-state index contributed by atoms with van der Waals surface area (Å²) in [5, 5.41) is 12.9. The summed E-state index contributed by atoms with van der Waals surface area (Å²) in [6, 6.07) is 7.23. The molecule has 3 heterocycles. The van der Waals surface area contributed by atoms with Crippen LogP contribution in [0.5, 0.6) is 5.75 Å². The van der Waals surface area contributed by atoms with Crippen LogP contribution in [0.3, 0.4) is 0 Å². The van der Waals surface area contributed by atoms with Gasteiger partial charge in [0.15, 0.2) is 5.75 Å². The number of carbonyl (C=O) groups excluding carboxylic acids is 1. The van der Waals surface area contributed by atoms with Gasteiger partial charge >= 0.3 is 6.36 Å². The number of alkyl halides is 4. The van der Waals surface area contributed by atoms with Crippen molar-refractivity contribution < 1.29 is 27.1 Å². The Morgan fingerprint density at radius 3 is 2.88 bits per heavy atom. The van der Waals surface area contributed by atoms with Crippen LogP contribution >= 0.6 is 0 Å². The molecule has 11 heteroatoms. The van der Waals surface area contributed by atoms with E-state index in [4.69, 9.17) is 5.26 Å². The normalized spacial score (nSPS) is 24.0. The van der Waals surface area contributed by atoms with Gasteiger partial charge in [-0.2, -0.15) is 5.26 Å². The second-order valence-corrected chi connectivity index (χ2v) is 7.95. The summed E-state index contributed by atoms with van der Waals surface area (Å²) in [7, 11) is 0. The minimum absolute atomic E-state index is 0.0418. The molecule has 2 aliphatic heterocycles. The minimum atomic E-state index is -4.82. The third-order valence-corrected chi connectivity index (χ3v) is 5.67. The smallest absolute Gasteiger partial charge is 0.403 e. The second-order valence-electron chi connectivity index (χ2n) is 7.95. The Hall–Kier alpha value is -3.13. The van der Waals surface area contributed by atoms with Gasteiger partial charge in [0.1, 0.15) is 17.7 Å². The van der Waals surface area contributed by atoms with Gasteiger partial charge in [0.05, 0.1) is 19.2 Å². The molecule has 4 rings (SSSR count). The van der Waals surface area contributed by atoms with E-state index in [2.05, 4.69) is 15.0 Å². The quantitative estimate of drug-likeness (QED) is 0.704. The third kappa shape index (κ3) is 4.85. The Balaban J connectivity index is 1.41. The van der Waals surface area contributed by atoms with Gasteiger partial charge in [0.2, 0.25) is 5.91 Å². The Kier molecular flexibility index (Phi) is 6.06. The number of hydrogen-bond acceptors (Lipinski definition) is 6. The number of ether oxygens (including phenoxy) is 1. The first-order valence-corrected chi connectivity index (χ1v) is 10.2. The number of pyridine rings is 1. The zero-order valence-electron chi connectivity index (χ0n) is 17.0. The summed E-state index contributed by atoms with van der Waals surface area (Å²) < 4.78 is 55.7. The van der Waals surface area contributed by atoms with Gasteiger partial charge in [-0.3, -0.25) is 14.7 Å². The van der Waals surface area contributed by atoms with Crippen molar-refractivity contribution in [1.82, 2.24) is 14.8 Å². The number of likely N-dealkylation sites (tertiary alicyclic amines) is 2. The topological polar surface area (TPSA) is 81.5 Å². The van der Waals surface area contributed by atoms with Crippen LogP contribution in [0.25, 0.3) is 10.9 Å². The van der Waals surface area contributed by atoms with E-state index >= 15 is 0 Å². The number of rotatable bonds is 5. The van der Waals surface area contributed by atoms with Crippen molar-refractivity contribution in [2.45, 2.75) is 37.5 Å². The van der Waals surface area contributed by atoms with E-state index in [0.29, 0.717) is 30.6 Å². The lowest BCUT2D eigenvalue weighted by Crippen LogP contribution is -2.42. The molecule has 0 saturated carbocycles. The SMILES string of the molecule is N#CC1C[C@H](F)CN1C(=O)CN1CC[C@@H](Nc2ccc(OC(F)(F)F)c3ncccc23)C1. The van der Waals surface area contributed by atoms with Gasteiger partial charge < -0.3 is 15.0 Å². The fraction of sp³-hybridized carbons (Fsp3) is 0.476. The summed E-state index contributed by atoms with van der Waals surface area (Å²) in [6.45, 7) is 1.18. The lowest BCUT2D eigenvalue weighted by atomic mass is 10.1. The largest absolute Gasteiger partial charge is 0.573 e. The number of fused-ring (bicyclic) bond motifs is 1. The number of carbonyl (C=O) groups is 1. The second kappa shape index (κ2) is 8.78. The minimum Gasteiger partial charge on any atom is -0.403 e. The van der Waals surface area contributed by atoms with Crippen LogP contribution < -0.4 is 10.1 Å². The molecule has 3 atom stereocenters. The Bertz CT molecular complexity index is 1040. The number of nitriles is 1. The number of hydrogen-bond donors (Lipinski definition) is 1. The van der Waals surface area contributed by atoms with Crippen molar-refractivity contribution in [2.24, 2.45) is 0 Å². The lowest BCUT2D eigenvalue weighted by Gasteiger charge is -2.23. The molecule has 2 aliphatic rings. The highest BCUT2D eigenvalue weighted by molar-refractivity contribution is 5.95. The van der Waals surface area contributed by atoms with Crippen molar-refractivity contribution >= 4 is 22.5 Å². The number of nitrogens with zero attached hydrogens (tertiary/aromatic N) is 4. The molecule has 32 heavy (non-hydrogen) atoms. The maximum absolute atomic E-state index is 13.6. The summed E-state index contributed by atoms with van der Waals surface area (Å²) in [5.41, 5.74) is 0.711. The molecule has 1 N–H and O–H groups in total. The molecule has 7 nitrogen and oxygen atoms in total. The molecular weight excluding hydrogens is 430 g/mol. The van der Waals surface area contributed by atoms with Crippen molar-refractivity contribution in [2.75, 3.05) is 31.5 Å². The van der Waals surface area contributed by atoms with Crippen molar-refractivity contribution in [1.29, 1.82) is 5.26 Å². The van der Waals surface area contributed by atoms with Crippen molar-refractivity contribution in [3.63, 3.8) is 0 Å². The van der Waals surface area contributed by atoms with Crippen LogP contribution in [0.2, 0.25) is 0 Å². The van der Waals surface area contributed by atoms with E-state index in [0.717, 1.165) is 0 Å². The molecule has 0 bridgehead atoms. The highest BCUT2D eigenvalue weighted by Crippen LogP contribution is 2.34. The van der Waals surface area contributed by atoms with Crippen LogP contribution in [0.15, 0.2) is 30.5 Å². The molecule has 1 aromatic heterocycles. The molecule has 0 radical (unpaired) electrons. The summed E-state index contributed by atoms with van der Waals surface area (Å²) >= 11 is 0. The fourth-order valence-corrected chi connectivity index (χ4v) is 4.26. The summed E-state index contributed by atoms with van der Waals surface area (Å²) in [6.07, 6.45) is -3.85. The van der Waals surface area contributed by atoms with Gasteiger partial charge in [-0.15, -0.1) is 13.2 Å².